The van der Waals surface area contributed by atoms with Crippen LogP contribution in [0.5, 0.6) is 0 Å². The number of morpholine rings is 1. The zero-order valence-corrected chi connectivity index (χ0v) is 13.0. The van der Waals surface area contributed by atoms with E-state index in [1.165, 1.54) is 0 Å². The molecule has 2 aromatic rings. The SMILES string of the molecule is CC(C)N1CCOC(c2noc(C(N)c3cccs3)n2)C1. The Bertz CT molecular complexity index is 569. The Balaban J connectivity index is 1.72. The maximum atomic E-state index is 6.14. The van der Waals surface area contributed by atoms with Crippen LogP contribution < -0.4 is 5.73 Å². The first kappa shape index (κ1) is 14.6. The molecule has 2 atom stereocenters. The first-order chi connectivity index (χ1) is 10.1. The molecular weight excluding hydrogens is 288 g/mol. The second kappa shape index (κ2) is 6.23. The third kappa shape index (κ3) is 3.16. The minimum Gasteiger partial charge on any atom is -0.367 e. The Labute approximate surface area is 127 Å². The maximum Gasteiger partial charge on any atom is 0.249 e. The van der Waals surface area contributed by atoms with Crippen LogP contribution in [0.2, 0.25) is 0 Å². The van der Waals surface area contributed by atoms with E-state index in [0.29, 0.717) is 24.4 Å². The second-order valence-corrected chi connectivity index (χ2v) is 6.41. The van der Waals surface area contributed by atoms with Gasteiger partial charge < -0.3 is 15.0 Å². The minimum absolute atomic E-state index is 0.144. The number of hydrogen-bond donors (Lipinski definition) is 1. The van der Waals surface area contributed by atoms with Gasteiger partial charge in [0.25, 0.3) is 0 Å². The first-order valence-corrected chi connectivity index (χ1v) is 8.01. The molecule has 7 heteroatoms. The molecule has 1 fully saturated rings. The van der Waals surface area contributed by atoms with E-state index in [1.807, 2.05) is 17.5 Å². The van der Waals surface area contributed by atoms with Crippen molar-refractivity contribution in [3.63, 3.8) is 0 Å². The molecule has 0 amide bonds. The van der Waals surface area contributed by atoms with Crippen LogP contribution in [0.25, 0.3) is 0 Å². The quantitative estimate of drug-likeness (QED) is 0.930. The Hall–Kier alpha value is -1.28. The maximum absolute atomic E-state index is 6.14. The number of hydrogen-bond acceptors (Lipinski definition) is 7. The van der Waals surface area contributed by atoms with Gasteiger partial charge in [0, 0.05) is 24.0 Å². The number of nitrogens with two attached hydrogens (primary N) is 1. The average molecular weight is 308 g/mol. The van der Waals surface area contributed by atoms with Crippen LogP contribution in [-0.4, -0.2) is 40.8 Å². The van der Waals surface area contributed by atoms with Gasteiger partial charge in [-0.2, -0.15) is 4.98 Å². The zero-order chi connectivity index (χ0) is 14.8. The van der Waals surface area contributed by atoms with Gasteiger partial charge in [-0.05, 0) is 25.3 Å². The molecule has 0 saturated carbocycles. The van der Waals surface area contributed by atoms with Crippen molar-refractivity contribution in [2.24, 2.45) is 5.73 Å². The Morgan fingerprint density at radius 2 is 2.33 bits per heavy atom. The molecule has 0 aliphatic carbocycles. The summed E-state index contributed by atoms with van der Waals surface area (Å²) >= 11 is 1.58. The summed E-state index contributed by atoms with van der Waals surface area (Å²) in [5, 5.41) is 6.03. The van der Waals surface area contributed by atoms with E-state index in [9.17, 15) is 0 Å². The smallest absolute Gasteiger partial charge is 0.249 e. The van der Waals surface area contributed by atoms with E-state index in [2.05, 4.69) is 28.9 Å². The molecule has 1 aliphatic heterocycles. The summed E-state index contributed by atoms with van der Waals surface area (Å²) in [4.78, 5) is 7.80. The lowest BCUT2D eigenvalue weighted by Crippen LogP contribution is -2.42. The minimum atomic E-state index is -0.365. The molecule has 0 bridgehead atoms. The molecule has 1 aliphatic rings. The third-order valence-corrected chi connectivity index (χ3v) is 4.64. The van der Waals surface area contributed by atoms with Gasteiger partial charge in [0.2, 0.25) is 11.7 Å². The van der Waals surface area contributed by atoms with Crippen molar-refractivity contribution in [2.75, 3.05) is 19.7 Å². The molecule has 6 nitrogen and oxygen atoms in total. The summed E-state index contributed by atoms with van der Waals surface area (Å²) in [5.41, 5.74) is 6.14. The van der Waals surface area contributed by atoms with E-state index in [4.69, 9.17) is 15.0 Å². The van der Waals surface area contributed by atoms with Crippen LogP contribution in [0.15, 0.2) is 22.0 Å². The topological polar surface area (TPSA) is 77.4 Å². The van der Waals surface area contributed by atoms with Gasteiger partial charge in [0.15, 0.2) is 0 Å². The molecule has 2 unspecified atom stereocenters. The molecule has 21 heavy (non-hydrogen) atoms. The standard InChI is InChI=1S/C14H20N4O2S/c1-9(2)18-5-6-19-10(8-18)13-16-14(20-17-13)12(15)11-4-3-7-21-11/h3-4,7,9-10,12H,5-6,8,15H2,1-2H3. The van der Waals surface area contributed by atoms with E-state index >= 15 is 0 Å². The molecular formula is C14H20N4O2S. The second-order valence-electron chi connectivity index (χ2n) is 5.43. The van der Waals surface area contributed by atoms with Crippen LogP contribution in [0.4, 0.5) is 0 Å². The molecule has 0 spiro atoms. The van der Waals surface area contributed by atoms with Crippen LogP contribution in [-0.2, 0) is 4.74 Å². The predicted molar refractivity (Wildman–Crippen MR) is 80.0 cm³/mol. The van der Waals surface area contributed by atoms with Crippen molar-refractivity contribution in [3.8, 4) is 0 Å². The van der Waals surface area contributed by atoms with Crippen LogP contribution in [0, 0.1) is 0 Å². The lowest BCUT2D eigenvalue weighted by Gasteiger charge is -2.34. The van der Waals surface area contributed by atoms with Crippen LogP contribution in [0.3, 0.4) is 0 Å². The van der Waals surface area contributed by atoms with Crippen molar-refractivity contribution in [3.05, 3.63) is 34.1 Å². The molecule has 0 aromatic carbocycles. The molecule has 1 saturated heterocycles. The highest BCUT2D eigenvalue weighted by atomic mass is 32.1. The van der Waals surface area contributed by atoms with Crippen molar-refractivity contribution in [2.45, 2.75) is 32.0 Å². The highest BCUT2D eigenvalue weighted by Crippen LogP contribution is 2.25. The predicted octanol–water partition coefficient (Wildman–Crippen LogP) is 1.96. The molecule has 2 N–H and O–H groups in total. The van der Waals surface area contributed by atoms with Gasteiger partial charge in [-0.15, -0.1) is 11.3 Å². The normalized spacial score (nSPS) is 21.8. The molecule has 0 radical (unpaired) electrons. The van der Waals surface area contributed by atoms with Gasteiger partial charge in [-0.25, -0.2) is 0 Å². The van der Waals surface area contributed by atoms with Crippen LogP contribution >= 0.6 is 11.3 Å². The Morgan fingerprint density at radius 1 is 1.48 bits per heavy atom. The van der Waals surface area contributed by atoms with E-state index < -0.39 is 0 Å². The van der Waals surface area contributed by atoms with Gasteiger partial charge in [0.1, 0.15) is 12.1 Å². The van der Waals surface area contributed by atoms with Crippen molar-refractivity contribution in [1.82, 2.24) is 15.0 Å². The van der Waals surface area contributed by atoms with E-state index in [0.717, 1.165) is 18.0 Å². The third-order valence-electron chi connectivity index (χ3n) is 3.69. The molecule has 3 rings (SSSR count). The van der Waals surface area contributed by atoms with Crippen molar-refractivity contribution in [1.29, 1.82) is 0 Å². The molecule has 114 valence electrons. The largest absolute Gasteiger partial charge is 0.367 e. The van der Waals surface area contributed by atoms with Crippen LogP contribution in [0.1, 0.15) is 42.6 Å². The Morgan fingerprint density at radius 3 is 3.05 bits per heavy atom. The van der Waals surface area contributed by atoms with E-state index in [1.54, 1.807) is 11.3 Å². The number of aromatic nitrogens is 2. The molecule has 2 aromatic heterocycles. The summed E-state index contributed by atoms with van der Waals surface area (Å²) in [5.74, 6) is 1.03. The summed E-state index contributed by atoms with van der Waals surface area (Å²) in [6.07, 6.45) is -0.144. The monoisotopic (exact) mass is 308 g/mol. The molecule has 3 heterocycles. The Kier molecular flexibility index (Phi) is 4.34. The zero-order valence-electron chi connectivity index (χ0n) is 12.2. The highest BCUT2D eigenvalue weighted by molar-refractivity contribution is 7.10. The number of thiophene rings is 1. The first-order valence-electron chi connectivity index (χ1n) is 7.13. The van der Waals surface area contributed by atoms with Gasteiger partial charge in [0.05, 0.1) is 6.61 Å². The highest BCUT2D eigenvalue weighted by Gasteiger charge is 2.28. The summed E-state index contributed by atoms with van der Waals surface area (Å²) in [6, 6.07) is 4.05. The number of nitrogens with zero attached hydrogens (tertiary/aromatic N) is 3. The summed E-state index contributed by atoms with van der Waals surface area (Å²) in [7, 11) is 0. The summed E-state index contributed by atoms with van der Waals surface area (Å²) in [6.45, 7) is 6.76. The van der Waals surface area contributed by atoms with E-state index in [-0.39, 0.29) is 12.1 Å². The fourth-order valence-electron chi connectivity index (χ4n) is 2.39. The fraction of sp³-hybridized carbons (Fsp3) is 0.571. The van der Waals surface area contributed by atoms with Gasteiger partial charge in [-0.1, -0.05) is 11.2 Å². The average Bonchev–Trinajstić information content (AvgIpc) is 3.18. The van der Waals surface area contributed by atoms with Crippen molar-refractivity contribution < 1.29 is 9.26 Å². The van der Waals surface area contributed by atoms with Gasteiger partial charge in [-0.3, -0.25) is 4.90 Å². The number of rotatable bonds is 4. The lowest BCUT2D eigenvalue weighted by atomic mass is 10.2. The lowest BCUT2D eigenvalue weighted by molar-refractivity contribution is -0.0450. The fourth-order valence-corrected chi connectivity index (χ4v) is 3.11. The summed E-state index contributed by atoms with van der Waals surface area (Å²) < 4.78 is 11.1. The van der Waals surface area contributed by atoms with Gasteiger partial charge >= 0.3 is 0 Å². The number of ether oxygens (including phenoxy) is 1. The van der Waals surface area contributed by atoms with Crippen molar-refractivity contribution >= 4 is 11.3 Å².